The molecule has 4 rings (SSSR count). The SMILES string of the molecule is CCn1c(C(=O)OC)c(NC(=O)C2CCOC2)c2cc(NCc3cc(F)cc(F)c3)cnc21. The highest BCUT2D eigenvalue weighted by atomic mass is 19.1. The van der Waals surface area contributed by atoms with Gasteiger partial charge < -0.3 is 24.7 Å². The van der Waals surface area contributed by atoms with Crippen LogP contribution in [0.15, 0.2) is 30.5 Å². The van der Waals surface area contributed by atoms with E-state index in [9.17, 15) is 18.4 Å². The molecule has 0 saturated carbocycles. The van der Waals surface area contributed by atoms with Gasteiger partial charge in [0.25, 0.3) is 0 Å². The van der Waals surface area contributed by atoms with Gasteiger partial charge in [-0.1, -0.05) is 0 Å². The molecule has 1 aliphatic rings. The van der Waals surface area contributed by atoms with E-state index >= 15 is 0 Å². The van der Waals surface area contributed by atoms with E-state index in [0.29, 0.717) is 54.2 Å². The zero-order valence-corrected chi connectivity index (χ0v) is 18.3. The summed E-state index contributed by atoms with van der Waals surface area (Å²) >= 11 is 0. The Morgan fingerprint density at radius 3 is 2.64 bits per heavy atom. The number of carbonyl (C=O) groups is 2. The van der Waals surface area contributed by atoms with Gasteiger partial charge in [-0.2, -0.15) is 0 Å². The standard InChI is InChI=1S/C23H24F2N4O4/c1-3-29-20(23(31)32-2)19(28-22(30)14-4-5-33-12-14)18-9-17(11-27-21(18)29)26-10-13-6-15(24)8-16(25)7-13/h6-9,11,14,26H,3-5,10,12H2,1-2H3,(H,28,30). The molecular formula is C23H24F2N4O4. The summed E-state index contributed by atoms with van der Waals surface area (Å²) < 4.78 is 38.9. The molecular weight excluding hydrogens is 434 g/mol. The van der Waals surface area contributed by atoms with E-state index in [1.165, 1.54) is 19.2 Å². The fourth-order valence-corrected chi connectivity index (χ4v) is 3.95. The molecule has 0 aliphatic carbocycles. The molecule has 0 radical (unpaired) electrons. The molecule has 1 unspecified atom stereocenters. The van der Waals surface area contributed by atoms with Gasteiger partial charge in [-0.3, -0.25) is 4.79 Å². The summed E-state index contributed by atoms with van der Waals surface area (Å²) in [6.07, 6.45) is 2.16. The topological polar surface area (TPSA) is 94.5 Å². The van der Waals surface area contributed by atoms with Gasteiger partial charge in [-0.25, -0.2) is 18.6 Å². The third-order valence-corrected chi connectivity index (χ3v) is 5.56. The Morgan fingerprint density at radius 1 is 1.24 bits per heavy atom. The summed E-state index contributed by atoms with van der Waals surface area (Å²) in [5.74, 6) is -2.49. The summed E-state index contributed by atoms with van der Waals surface area (Å²) in [5.41, 5.74) is 1.97. The maximum Gasteiger partial charge on any atom is 0.356 e. The van der Waals surface area contributed by atoms with Gasteiger partial charge in [-0.05, 0) is 37.1 Å². The Hall–Kier alpha value is -3.53. The maximum atomic E-state index is 13.5. The molecule has 3 heterocycles. The van der Waals surface area contributed by atoms with Gasteiger partial charge in [0.2, 0.25) is 5.91 Å². The molecule has 8 nitrogen and oxygen atoms in total. The summed E-state index contributed by atoms with van der Waals surface area (Å²) in [7, 11) is 1.27. The Kier molecular flexibility index (Phi) is 6.55. The van der Waals surface area contributed by atoms with Crippen LogP contribution in [0.5, 0.6) is 0 Å². The largest absolute Gasteiger partial charge is 0.464 e. The van der Waals surface area contributed by atoms with Crippen LogP contribution >= 0.6 is 0 Å². The highest BCUT2D eigenvalue weighted by molar-refractivity contribution is 6.11. The second kappa shape index (κ2) is 9.53. The fourth-order valence-electron chi connectivity index (χ4n) is 3.95. The highest BCUT2D eigenvalue weighted by Crippen LogP contribution is 2.33. The minimum Gasteiger partial charge on any atom is -0.464 e. The van der Waals surface area contributed by atoms with Crippen molar-refractivity contribution in [2.24, 2.45) is 5.92 Å². The third kappa shape index (κ3) is 4.65. The van der Waals surface area contributed by atoms with Crippen LogP contribution in [0.1, 0.15) is 29.4 Å². The minimum absolute atomic E-state index is 0.154. The van der Waals surface area contributed by atoms with Gasteiger partial charge in [-0.15, -0.1) is 0 Å². The number of aryl methyl sites for hydroxylation is 1. The number of benzene rings is 1. The van der Waals surface area contributed by atoms with Crippen LogP contribution in [-0.2, 0) is 27.4 Å². The number of anilines is 2. The number of hydrogen-bond donors (Lipinski definition) is 2. The molecule has 0 spiro atoms. The van der Waals surface area contributed by atoms with Crippen molar-refractivity contribution in [1.29, 1.82) is 0 Å². The van der Waals surface area contributed by atoms with E-state index in [-0.39, 0.29) is 24.1 Å². The molecule has 2 N–H and O–H groups in total. The summed E-state index contributed by atoms with van der Waals surface area (Å²) in [4.78, 5) is 29.9. The quantitative estimate of drug-likeness (QED) is 0.525. The van der Waals surface area contributed by atoms with Crippen molar-refractivity contribution in [3.8, 4) is 0 Å². The van der Waals surface area contributed by atoms with Crippen LogP contribution in [-0.4, -0.2) is 41.8 Å². The zero-order chi connectivity index (χ0) is 23.5. The lowest BCUT2D eigenvalue weighted by molar-refractivity contribution is -0.119. The molecule has 10 heteroatoms. The molecule has 0 bridgehead atoms. The van der Waals surface area contributed by atoms with Crippen molar-refractivity contribution >= 4 is 34.3 Å². The van der Waals surface area contributed by atoms with Gasteiger partial charge in [0, 0.05) is 31.1 Å². The van der Waals surface area contributed by atoms with Crippen molar-refractivity contribution in [2.75, 3.05) is 31.0 Å². The van der Waals surface area contributed by atoms with E-state index in [1.807, 2.05) is 6.92 Å². The molecule has 3 aromatic rings. The number of hydrogen-bond acceptors (Lipinski definition) is 6. The number of halogens is 2. The fraction of sp³-hybridized carbons (Fsp3) is 0.348. The number of rotatable bonds is 7. The molecule has 1 aliphatic heterocycles. The average Bonchev–Trinajstić information content (AvgIpc) is 3.43. The van der Waals surface area contributed by atoms with Crippen molar-refractivity contribution in [3.63, 3.8) is 0 Å². The second-order valence-electron chi connectivity index (χ2n) is 7.74. The Bertz CT molecular complexity index is 1180. The number of aromatic nitrogens is 2. The van der Waals surface area contributed by atoms with E-state index in [1.54, 1.807) is 16.8 Å². The number of fused-ring (bicyclic) bond motifs is 1. The molecule has 1 aromatic carbocycles. The lowest BCUT2D eigenvalue weighted by Crippen LogP contribution is -2.24. The smallest absolute Gasteiger partial charge is 0.356 e. The Labute approximate surface area is 188 Å². The lowest BCUT2D eigenvalue weighted by Gasteiger charge is -2.11. The normalized spacial score (nSPS) is 15.6. The van der Waals surface area contributed by atoms with Crippen molar-refractivity contribution < 1.29 is 27.8 Å². The second-order valence-corrected chi connectivity index (χ2v) is 7.74. The van der Waals surface area contributed by atoms with Crippen LogP contribution in [0.2, 0.25) is 0 Å². The van der Waals surface area contributed by atoms with Gasteiger partial charge in [0.1, 0.15) is 17.3 Å². The predicted molar refractivity (Wildman–Crippen MR) is 118 cm³/mol. The predicted octanol–water partition coefficient (Wildman–Crippen LogP) is 3.71. The first-order chi connectivity index (χ1) is 15.9. The van der Waals surface area contributed by atoms with Gasteiger partial charge in [0.15, 0.2) is 5.69 Å². The summed E-state index contributed by atoms with van der Waals surface area (Å²) in [6, 6.07) is 5.02. The first kappa shape index (κ1) is 22.7. The van der Waals surface area contributed by atoms with Gasteiger partial charge >= 0.3 is 5.97 Å². The number of esters is 1. The molecule has 2 aromatic heterocycles. The average molecular weight is 458 g/mol. The maximum absolute atomic E-state index is 13.5. The molecule has 1 fully saturated rings. The number of nitrogens with zero attached hydrogens (tertiary/aromatic N) is 2. The first-order valence-corrected chi connectivity index (χ1v) is 10.6. The van der Waals surface area contributed by atoms with Crippen LogP contribution in [0, 0.1) is 17.6 Å². The monoisotopic (exact) mass is 458 g/mol. The number of nitrogens with one attached hydrogen (secondary N) is 2. The molecule has 1 saturated heterocycles. The van der Waals surface area contributed by atoms with Crippen molar-refractivity contribution in [1.82, 2.24) is 9.55 Å². The van der Waals surface area contributed by atoms with Crippen molar-refractivity contribution in [2.45, 2.75) is 26.4 Å². The molecule has 33 heavy (non-hydrogen) atoms. The summed E-state index contributed by atoms with van der Waals surface area (Å²) in [6.45, 7) is 3.26. The number of pyridine rings is 1. The molecule has 1 atom stereocenters. The number of amides is 1. The molecule has 174 valence electrons. The van der Waals surface area contributed by atoms with Gasteiger partial charge in [0.05, 0.1) is 37.2 Å². The highest BCUT2D eigenvalue weighted by Gasteiger charge is 2.29. The Morgan fingerprint density at radius 2 is 2.00 bits per heavy atom. The van der Waals surface area contributed by atoms with Crippen LogP contribution in [0.4, 0.5) is 20.2 Å². The first-order valence-electron chi connectivity index (χ1n) is 10.6. The number of carbonyl (C=O) groups excluding carboxylic acids is 2. The summed E-state index contributed by atoms with van der Waals surface area (Å²) in [5, 5.41) is 6.49. The zero-order valence-electron chi connectivity index (χ0n) is 18.3. The number of ether oxygens (including phenoxy) is 2. The van der Waals surface area contributed by atoms with Crippen LogP contribution in [0.3, 0.4) is 0 Å². The lowest BCUT2D eigenvalue weighted by atomic mass is 10.1. The number of methoxy groups -OCH3 is 1. The van der Waals surface area contributed by atoms with Crippen molar-refractivity contribution in [3.05, 3.63) is 53.4 Å². The van der Waals surface area contributed by atoms with E-state index in [0.717, 1.165) is 6.07 Å². The third-order valence-electron chi connectivity index (χ3n) is 5.56. The Balaban J connectivity index is 1.71. The van der Waals surface area contributed by atoms with E-state index < -0.39 is 17.6 Å². The molecule has 1 amide bonds. The van der Waals surface area contributed by atoms with E-state index in [2.05, 4.69) is 15.6 Å². The van der Waals surface area contributed by atoms with Crippen LogP contribution < -0.4 is 10.6 Å². The minimum atomic E-state index is -0.663. The van der Waals surface area contributed by atoms with E-state index in [4.69, 9.17) is 9.47 Å². The van der Waals surface area contributed by atoms with Crippen LogP contribution in [0.25, 0.3) is 11.0 Å².